The van der Waals surface area contributed by atoms with E-state index in [1.165, 1.54) is 44.9 Å². The van der Waals surface area contributed by atoms with Crippen LogP contribution in [0.25, 0.3) is 0 Å². The molecule has 19 heavy (non-hydrogen) atoms. The fourth-order valence-electron chi connectivity index (χ4n) is 3.26. The van der Waals surface area contributed by atoms with Crippen LogP contribution >= 0.6 is 0 Å². The van der Waals surface area contributed by atoms with E-state index in [2.05, 4.69) is 22.5 Å². The van der Waals surface area contributed by atoms with E-state index in [1.54, 1.807) is 0 Å². The molecule has 1 aliphatic carbocycles. The molecule has 0 aromatic heterocycles. The molecule has 2 rings (SSSR count). The highest BCUT2D eigenvalue weighted by molar-refractivity contribution is 5.78. The van der Waals surface area contributed by atoms with Crippen molar-refractivity contribution in [3.05, 3.63) is 0 Å². The summed E-state index contributed by atoms with van der Waals surface area (Å²) < 4.78 is 0. The van der Waals surface area contributed by atoms with Crippen LogP contribution in [0.1, 0.15) is 51.9 Å². The van der Waals surface area contributed by atoms with Crippen molar-refractivity contribution >= 4 is 5.91 Å². The molecule has 1 amide bonds. The first kappa shape index (κ1) is 14.8. The van der Waals surface area contributed by atoms with Crippen molar-refractivity contribution < 1.29 is 4.79 Å². The molecule has 4 heteroatoms. The van der Waals surface area contributed by atoms with Crippen LogP contribution < -0.4 is 10.6 Å². The Morgan fingerprint density at radius 1 is 1.16 bits per heavy atom. The maximum Gasteiger partial charge on any atom is 0.234 e. The van der Waals surface area contributed by atoms with Gasteiger partial charge in [0.05, 0.1) is 6.54 Å². The van der Waals surface area contributed by atoms with Crippen molar-refractivity contribution in [1.82, 2.24) is 15.5 Å². The summed E-state index contributed by atoms with van der Waals surface area (Å²) in [6, 6.07) is 1.03. The van der Waals surface area contributed by atoms with E-state index in [1.807, 2.05) is 0 Å². The SMILES string of the molecule is CCCNC1CCCN(CC(=O)NC2CCCC2)C1. The number of amides is 1. The summed E-state index contributed by atoms with van der Waals surface area (Å²) in [6.45, 7) is 5.97. The zero-order valence-corrected chi connectivity index (χ0v) is 12.3. The highest BCUT2D eigenvalue weighted by Crippen LogP contribution is 2.17. The topological polar surface area (TPSA) is 44.4 Å². The molecule has 110 valence electrons. The van der Waals surface area contributed by atoms with Crippen LogP contribution in [0.15, 0.2) is 0 Å². The standard InChI is InChI=1S/C15H29N3O/c1-2-9-16-14-8-5-10-18(11-14)12-15(19)17-13-6-3-4-7-13/h13-14,16H,2-12H2,1H3,(H,17,19). The molecule has 2 aliphatic rings. The van der Waals surface area contributed by atoms with Crippen LogP contribution in [0.5, 0.6) is 0 Å². The average molecular weight is 267 g/mol. The summed E-state index contributed by atoms with van der Waals surface area (Å²) >= 11 is 0. The molecule has 1 saturated heterocycles. The second-order valence-electron chi connectivity index (χ2n) is 6.08. The monoisotopic (exact) mass is 267 g/mol. The van der Waals surface area contributed by atoms with E-state index in [0.717, 1.165) is 19.6 Å². The third kappa shape index (κ3) is 5.11. The van der Waals surface area contributed by atoms with Gasteiger partial charge in [-0.15, -0.1) is 0 Å². The van der Waals surface area contributed by atoms with Crippen LogP contribution in [0, 0.1) is 0 Å². The highest BCUT2D eigenvalue weighted by atomic mass is 16.2. The van der Waals surface area contributed by atoms with Gasteiger partial charge in [0.15, 0.2) is 0 Å². The number of carbonyl (C=O) groups is 1. The van der Waals surface area contributed by atoms with Crippen LogP contribution in [0.2, 0.25) is 0 Å². The summed E-state index contributed by atoms with van der Waals surface area (Å²) in [4.78, 5) is 14.3. The Kier molecular flexibility index (Phi) is 6.11. The molecular formula is C15H29N3O. The largest absolute Gasteiger partial charge is 0.352 e. The fourth-order valence-corrected chi connectivity index (χ4v) is 3.26. The molecule has 1 atom stereocenters. The smallest absolute Gasteiger partial charge is 0.234 e. The Morgan fingerprint density at radius 3 is 2.63 bits per heavy atom. The van der Waals surface area contributed by atoms with Gasteiger partial charge in [-0.2, -0.15) is 0 Å². The lowest BCUT2D eigenvalue weighted by molar-refractivity contribution is -0.123. The van der Waals surface area contributed by atoms with Gasteiger partial charge < -0.3 is 10.6 Å². The highest BCUT2D eigenvalue weighted by Gasteiger charge is 2.22. The molecule has 0 aromatic carbocycles. The van der Waals surface area contributed by atoms with E-state index in [-0.39, 0.29) is 5.91 Å². The van der Waals surface area contributed by atoms with E-state index in [0.29, 0.717) is 18.6 Å². The zero-order chi connectivity index (χ0) is 13.5. The van der Waals surface area contributed by atoms with Crippen molar-refractivity contribution in [2.24, 2.45) is 0 Å². The summed E-state index contributed by atoms with van der Waals surface area (Å²) in [5, 5.41) is 6.76. The van der Waals surface area contributed by atoms with E-state index in [4.69, 9.17) is 0 Å². The second-order valence-corrected chi connectivity index (χ2v) is 6.08. The lowest BCUT2D eigenvalue weighted by Crippen LogP contribution is -2.49. The first-order valence-electron chi connectivity index (χ1n) is 8.03. The lowest BCUT2D eigenvalue weighted by Gasteiger charge is -2.33. The van der Waals surface area contributed by atoms with E-state index >= 15 is 0 Å². The maximum absolute atomic E-state index is 12.0. The molecule has 2 N–H and O–H groups in total. The van der Waals surface area contributed by atoms with E-state index < -0.39 is 0 Å². The summed E-state index contributed by atoms with van der Waals surface area (Å²) in [5.41, 5.74) is 0. The van der Waals surface area contributed by atoms with Crippen LogP contribution in [0.3, 0.4) is 0 Å². The maximum atomic E-state index is 12.0. The second kappa shape index (κ2) is 7.85. The minimum atomic E-state index is 0.225. The van der Waals surface area contributed by atoms with Gasteiger partial charge in [0.2, 0.25) is 5.91 Å². The first-order valence-corrected chi connectivity index (χ1v) is 8.03. The Morgan fingerprint density at radius 2 is 1.89 bits per heavy atom. The van der Waals surface area contributed by atoms with Crippen LogP contribution in [-0.2, 0) is 4.79 Å². The molecule has 1 aliphatic heterocycles. The number of carbonyl (C=O) groups excluding carboxylic acids is 1. The van der Waals surface area contributed by atoms with Crippen LogP contribution in [-0.4, -0.2) is 49.1 Å². The van der Waals surface area contributed by atoms with Crippen molar-refractivity contribution in [3.8, 4) is 0 Å². The third-order valence-corrected chi connectivity index (χ3v) is 4.28. The van der Waals surface area contributed by atoms with Gasteiger partial charge >= 0.3 is 0 Å². The van der Waals surface area contributed by atoms with Crippen molar-refractivity contribution in [3.63, 3.8) is 0 Å². The van der Waals surface area contributed by atoms with Gasteiger partial charge in [0.1, 0.15) is 0 Å². The quantitative estimate of drug-likeness (QED) is 0.767. The van der Waals surface area contributed by atoms with Gasteiger partial charge in [-0.3, -0.25) is 9.69 Å². The fraction of sp³-hybridized carbons (Fsp3) is 0.933. The Balaban J connectivity index is 1.67. The average Bonchev–Trinajstić information content (AvgIpc) is 2.89. The molecule has 1 heterocycles. The van der Waals surface area contributed by atoms with Gasteiger partial charge in [-0.05, 0) is 45.2 Å². The number of likely N-dealkylation sites (tertiary alicyclic amines) is 1. The molecule has 0 bridgehead atoms. The predicted molar refractivity (Wildman–Crippen MR) is 78.2 cm³/mol. The third-order valence-electron chi connectivity index (χ3n) is 4.28. The number of piperidine rings is 1. The minimum Gasteiger partial charge on any atom is -0.352 e. The zero-order valence-electron chi connectivity index (χ0n) is 12.3. The van der Waals surface area contributed by atoms with Crippen molar-refractivity contribution in [1.29, 1.82) is 0 Å². The number of nitrogens with zero attached hydrogens (tertiary/aromatic N) is 1. The number of hydrogen-bond donors (Lipinski definition) is 2. The minimum absolute atomic E-state index is 0.225. The predicted octanol–water partition coefficient (Wildman–Crippen LogP) is 1.51. The Bertz CT molecular complexity index is 277. The summed E-state index contributed by atoms with van der Waals surface area (Å²) in [7, 11) is 0. The molecule has 0 radical (unpaired) electrons. The molecule has 2 fully saturated rings. The Labute approximate surface area is 117 Å². The summed E-state index contributed by atoms with van der Waals surface area (Å²) in [5.74, 6) is 0.225. The van der Waals surface area contributed by atoms with Gasteiger partial charge in [0.25, 0.3) is 0 Å². The Hall–Kier alpha value is -0.610. The molecular weight excluding hydrogens is 238 g/mol. The number of hydrogen-bond acceptors (Lipinski definition) is 3. The molecule has 0 spiro atoms. The number of rotatable bonds is 6. The molecule has 1 saturated carbocycles. The molecule has 4 nitrogen and oxygen atoms in total. The molecule has 0 aromatic rings. The molecule has 1 unspecified atom stereocenters. The van der Waals surface area contributed by atoms with Crippen molar-refractivity contribution in [2.75, 3.05) is 26.2 Å². The van der Waals surface area contributed by atoms with E-state index in [9.17, 15) is 4.79 Å². The van der Waals surface area contributed by atoms with Gasteiger partial charge in [0, 0.05) is 18.6 Å². The normalized spacial score (nSPS) is 25.6. The van der Waals surface area contributed by atoms with Crippen LogP contribution in [0.4, 0.5) is 0 Å². The van der Waals surface area contributed by atoms with Gasteiger partial charge in [-0.1, -0.05) is 19.8 Å². The lowest BCUT2D eigenvalue weighted by atomic mass is 10.1. The summed E-state index contributed by atoms with van der Waals surface area (Å²) in [6.07, 6.45) is 8.53. The van der Waals surface area contributed by atoms with Gasteiger partial charge in [-0.25, -0.2) is 0 Å². The first-order chi connectivity index (χ1) is 9.28. The van der Waals surface area contributed by atoms with Crippen molar-refractivity contribution in [2.45, 2.75) is 64.0 Å². The number of nitrogens with one attached hydrogen (secondary N) is 2.